The van der Waals surface area contributed by atoms with Gasteiger partial charge in [0, 0.05) is 0 Å². The van der Waals surface area contributed by atoms with Gasteiger partial charge < -0.3 is 41.6 Å². The van der Waals surface area contributed by atoms with Crippen molar-refractivity contribution in [2.24, 2.45) is 0 Å². The van der Waals surface area contributed by atoms with Gasteiger partial charge in [-0.15, -0.1) is 23.8 Å². The van der Waals surface area contributed by atoms with Gasteiger partial charge in [0.1, 0.15) is 0 Å². The van der Waals surface area contributed by atoms with Crippen molar-refractivity contribution in [2.75, 3.05) is 0 Å². The number of aromatic amines is 1. The monoisotopic (exact) mass is 348 g/mol. The van der Waals surface area contributed by atoms with Gasteiger partial charge in [-0.25, -0.2) is 0 Å². The van der Waals surface area contributed by atoms with Gasteiger partial charge in [-0.3, -0.25) is 0 Å². The number of fused-ring (bicyclic) bond motifs is 1. The molecule has 2 rings (SSSR count). The summed E-state index contributed by atoms with van der Waals surface area (Å²) in [4.78, 5) is 2.99. The number of benzene rings is 1. The second kappa shape index (κ2) is 17.1. The quantitative estimate of drug-likeness (QED) is 0.474. The Labute approximate surface area is 152 Å². The molecule has 0 unspecified atom stereocenters. The fourth-order valence-electron chi connectivity index (χ4n) is 0.928. The molecule has 0 aliphatic heterocycles. The number of nitrogens with one attached hydrogen (secondary N) is 1. The first-order valence-corrected chi connectivity index (χ1v) is 5.90. The number of H-pyrrole nitrogens is 1. The summed E-state index contributed by atoms with van der Waals surface area (Å²) in [5.74, 6) is 2.83. The summed E-state index contributed by atoms with van der Waals surface area (Å²) in [5, 5.41) is 1.22. The zero-order chi connectivity index (χ0) is 13.3. The summed E-state index contributed by atoms with van der Waals surface area (Å²) >= 11 is 0. The standard InChI is InChI=1S/C8H6N.2C4H9.2ClH.Ti/c1-2-4-8-7(3-1)5-6-9-8;2*1-4(2)3;;;/h1-5,9H;2*1-3H3;2*1H;/q3*-1;;;+2/p-2. The minimum atomic E-state index is 0. The normalized spacial score (nSPS) is 8.20. The zero-order valence-corrected chi connectivity index (χ0v) is 16.2. The second-order valence-electron chi connectivity index (χ2n) is 5.00. The molecule has 1 aromatic heterocycles. The third-order valence-corrected chi connectivity index (χ3v) is 1.40. The third kappa shape index (κ3) is 18.1. The van der Waals surface area contributed by atoms with Gasteiger partial charge in [-0.1, -0.05) is 12.1 Å². The minimum Gasteiger partial charge on any atom is -1.00 e. The Kier molecular flexibility index (Phi) is 24.2. The van der Waals surface area contributed by atoms with Crippen LogP contribution in [0.4, 0.5) is 0 Å². The Bertz CT molecular complexity index is 358. The molecule has 0 spiro atoms. The molecule has 0 aliphatic carbocycles. The van der Waals surface area contributed by atoms with E-state index in [4.69, 9.17) is 0 Å². The maximum atomic E-state index is 2.99. The first kappa shape index (κ1) is 28.2. The van der Waals surface area contributed by atoms with Crippen molar-refractivity contribution in [2.45, 2.75) is 41.5 Å². The summed E-state index contributed by atoms with van der Waals surface area (Å²) in [7, 11) is 0. The average Bonchev–Trinajstić information content (AvgIpc) is 2.62. The van der Waals surface area contributed by atoms with Crippen molar-refractivity contribution in [1.82, 2.24) is 4.98 Å². The van der Waals surface area contributed by atoms with E-state index in [0.29, 0.717) is 0 Å². The number of hydrogen-bond acceptors (Lipinski definition) is 0. The summed E-state index contributed by atoms with van der Waals surface area (Å²) < 4.78 is 0. The van der Waals surface area contributed by atoms with Crippen LogP contribution >= 0.6 is 0 Å². The Hall–Kier alpha value is 0.0543. The molecular weight excluding hydrogens is 325 g/mol. The van der Waals surface area contributed by atoms with E-state index in [9.17, 15) is 0 Å². The van der Waals surface area contributed by atoms with Crippen molar-refractivity contribution in [3.05, 3.63) is 48.4 Å². The van der Waals surface area contributed by atoms with E-state index in [1.54, 1.807) is 0 Å². The molecule has 114 valence electrons. The van der Waals surface area contributed by atoms with Crippen LogP contribution < -0.4 is 24.8 Å². The van der Waals surface area contributed by atoms with Gasteiger partial charge in [0.15, 0.2) is 0 Å². The molecule has 0 atom stereocenters. The molecule has 0 fully saturated rings. The van der Waals surface area contributed by atoms with Crippen LogP contribution in [0.3, 0.4) is 0 Å². The van der Waals surface area contributed by atoms with E-state index >= 15 is 0 Å². The summed E-state index contributed by atoms with van der Waals surface area (Å²) in [6.07, 6.45) is 2.91. The minimum absolute atomic E-state index is 0. The maximum absolute atomic E-state index is 2.99. The van der Waals surface area contributed by atoms with Gasteiger partial charge >= 0.3 is 21.7 Å². The number of aromatic nitrogens is 1. The summed E-state index contributed by atoms with van der Waals surface area (Å²) in [5.41, 5.74) is 1.15. The van der Waals surface area contributed by atoms with Crippen LogP contribution in [0.1, 0.15) is 41.5 Å². The number of para-hydroxylation sites is 1. The van der Waals surface area contributed by atoms with Crippen LogP contribution in [-0.2, 0) is 21.7 Å². The number of halogens is 2. The van der Waals surface area contributed by atoms with Crippen LogP contribution in [-0.4, -0.2) is 4.98 Å². The Morgan fingerprint density at radius 3 is 1.65 bits per heavy atom. The van der Waals surface area contributed by atoms with Gasteiger partial charge in [0.05, 0.1) is 0 Å². The number of rotatable bonds is 0. The predicted octanol–water partition coefficient (Wildman–Crippen LogP) is -0.785. The summed E-state index contributed by atoms with van der Waals surface area (Å²) in [6.45, 7) is 12.5. The molecule has 20 heavy (non-hydrogen) atoms. The van der Waals surface area contributed by atoms with Crippen molar-refractivity contribution >= 4 is 10.9 Å². The topological polar surface area (TPSA) is 15.8 Å². The Morgan fingerprint density at radius 1 is 0.850 bits per heavy atom. The molecule has 0 aliphatic rings. The van der Waals surface area contributed by atoms with E-state index in [-0.39, 0.29) is 46.5 Å². The van der Waals surface area contributed by atoms with Crippen LogP contribution in [0.15, 0.2) is 30.3 Å². The molecule has 0 saturated carbocycles. The van der Waals surface area contributed by atoms with E-state index in [1.165, 1.54) is 17.2 Å². The van der Waals surface area contributed by atoms with E-state index in [0.717, 1.165) is 5.52 Å². The molecule has 4 heteroatoms. The first-order valence-electron chi connectivity index (χ1n) is 5.90. The second-order valence-corrected chi connectivity index (χ2v) is 5.00. The van der Waals surface area contributed by atoms with Gasteiger partial charge in [0.2, 0.25) is 0 Å². The molecule has 0 radical (unpaired) electrons. The molecule has 1 N–H and O–H groups in total. The molecule has 1 nitrogen and oxygen atoms in total. The SMILES string of the molecule is C[C-](C)C.C[C-](C)C.[Cl-].[Cl-].[Ti+2].[c-]1cc2ccccc2[nH]1. The molecule has 2 aromatic rings. The van der Waals surface area contributed by atoms with Crippen LogP contribution in [0.5, 0.6) is 0 Å². The Morgan fingerprint density at radius 2 is 1.25 bits per heavy atom. The molecular formula is C16H24Cl2NTi-3. The van der Waals surface area contributed by atoms with E-state index < -0.39 is 0 Å². The van der Waals surface area contributed by atoms with Gasteiger partial charge in [0.25, 0.3) is 0 Å². The van der Waals surface area contributed by atoms with Crippen molar-refractivity contribution in [1.29, 1.82) is 0 Å². The molecule has 1 aromatic carbocycles. The summed E-state index contributed by atoms with van der Waals surface area (Å²) in [6, 6.07) is 10.1. The van der Waals surface area contributed by atoms with E-state index in [2.05, 4.69) is 58.8 Å². The maximum Gasteiger partial charge on any atom is 2.00 e. The van der Waals surface area contributed by atoms with Crippen molar-refractivity contribution in [3.63, 3.8) is 0 Å². The smallest absolute Gasteiger partial charge is 1.00 e. The van der Waals surface area contributed by atoms with Crippen LogP contribution in [0.2, 0.25) is 0 Å². The number of hydrogen-bond donors (Lipinski definition) is 1. The van der Waals surface area contributed by atoms with Crippen molar-refractivity contribution < 1.29 is 46.5 Å². The average molecular weight is 349 g/mol. The molecule has 0 bridgehead atoms. The fourth-order valence-corrected chi connectivity index (χ4v) is 0.928. The largest absolute Gasteiger partial charge is 2.00 e. The molecule has 0 amide bonds. The van der Waals surface area contributed by atoms with Gasteiger partial charge in [-0.05, 0) is 0 Å². The molecule has 1 heterocycles. The van der Waals surface area contributed by atoms with Crippen molar-refractivity contribution in [3.8, 4) is 0 Å². The third-order valence-electron chi connectivity index (χ3n) is 1.40. The fraction of sp³-hybridized carbons (Fsp3) is 0.375. The van der Waals surface area contributed by atoms with E-state index in [1.807, 2.05) is 24.3 Å². The van der Waals surface area contributed by atoms with Crippen LogP contribution in [0, 0.1) is 18.0 Å². The first-order chi connectivity index (χ1) is 7.93. The Balaban J connectivity index is -0.000000103. The van der Waals surface area contributed by atoms with Crippen LogP contribution in [0.25, 0.3) is 10.9 Å². The predicted molar refractivity (Wildman–Crippen MR) is 77.7 cm³/mol. The zero-order valence-electron chi connectivity index (χ0n) is 13.1. The van der Waals surface area contributed by atoms with Gasteiger partial charge in [-0.2, -0.15) is 53.0 Å². The molecule has 0 saturated heterocycles.